The molecule has 3 aromatic rings. The minimum Gasteiger partial charge on any atom is -0.379 e. The summed E-state index contributed by atoms with van der Waals surface area (Å²) in [5, 5.41) is 0. The van der Waals surface area contributed by atoms with E-state index in [9.17, 15) is 0 Å². The van der Waals surface area contributed by atoms with E-state index in [0.29, 0.717) is 6.61 Å². The van der Waals surface area contributed by atoms with Gasteiger partial charge in [0.1, 0.15) is 5.60 Å². The van der Waals surface area contributed by atoms with Gasteiger partial charge in [0.25, 0.3) is 0 Å². The first-order valence-corrected chi connectivity index (χ1v) is 17.1. The molecule has 1 unspecified atom stereocenters. The molecule has 0 fully saturated rings. The standard InChI is InChI=1S/C40H58O2/c1-3-4-5-6-7-8-9-10-11-12-13-14-15-16-17-27-34-39(41-2)35-42-40(36-28-21-18-22-29-36,37-30-23-19-24-31-37)38-32-25-20-26-33-38/h18-26,28-33,39H,3-17,27,34-35H2,1-2H3. The second-order valence-electron chi connectivity index (χ2n) is 12.0. The Hall–Kier alpha value is -2.42. The van der Waals surface area contributed by atoms with Crippen LogP contribution in [0.25, 0.3) is 0 Å². The molecule has 0 bridgehead atoms. The zero-order chi connectivity index (χ0) is 29.6. The van der Waals surface area contributed by atoms with Crippen molar-refractivity contribution in [1.29, 1.82) is 0 Å². The molecule has 0 radical (unpaired) electrons. The molecule has 0 aliphatic rings. The number of unbranched alkanes of at least 4 members (excludes halogenated alkanes) is 15. The van der Waals surface area contributed by atoms with Crippen LogP contribution in [0.4, 0.5) is 0 Å². The number of rotatable bonds is 24. The second-order valence-corrected chi connectivity index (χ2v) is 12.0. The summed E-state index contributed by atoms with van der Waals surface area (Å²) in [6.07, 6.45) is 23.4. The first-order valence-electron chi connectivity index (χ1n) is 17.1. The van der Waals surface area contributed by atoms with Gasteiger partial charge in [-0.05, 0) is 23.1 Å². The summed E-state index contributed by atoms with van der Waals surface area (Å²) in [4.78, 5) is 0. The Morgan fingerprint density at radius 2 is 0.810 bits per heavy atom. The smallest absolute Gasteiger partial charge is 0.143 e. The van der Waals surface area contributed by atoms with Crippen molar-refractivity contribution in [2.24, 2.45) is 0 Å². The van der Waals surface area contributed by atoms with Crippen molar-refractivity contribution in [2.75, 3.05) is 13.7 Å². The van der Waals surface area contributed by atoms with Gasteiger partial charge >= 0.3 is 0 Å². The van der Waals surface area contributed by atoms with E-state index >= 15 is 0 Å². The van der Waals surface area contributed by atoms with Gasteiger partial charge in [0, 0.05) is 7.11 Å². The summed E-state index contributed by atoms with van der Waals surface area (Å²) in [7, 11) is 1.83. The Labute approximate surface area is 258 Å². The number of benzene rings is 3. The van der Waals surface area contributed by atoms with Gasteiger partial charge in [-0.2, -0.15) is 0 Å². The van der Waals surface area contributed by atoms with E-state index in [1.807, 2.05) is 7.11 Å². The Bertz CT molecular complexity index is 921. The highest BCUT2D eigenvalue weighted by Crippen LogP contribution is 2.40. The summed E-state index contributed by atoms with van der Waals surface area (Å²) in [5.74, 6) is 0. The van der Waals surface area contributed by atoms with Crippen LogP contribution in [0.3, 0.4) is 0 Å². The van der Waals surface area contributed by atoms with Crippen molar-refractivity contribution < 1.29 is 9.47 Å². The first-order chi connectivity index (χ1) is 20.8. The van der Waals surface area contributed by atoms with Gasteiger partial charge in [-0.1, -0.05) is 201 Å². The highest BCUT2D eigenvalue weighted by Gasteiger charge is 2.38. The molecule has 0 aliphatic carbocycles. The molecular weight excluding hydrogens is 512 g/mol. The van der Waals surface area contributed by atoms with Gasteiger partial charge in [-0.15, -0.1) is 0 Å². The van der Waals surface area contributed by atoms with Crippen LogP contribution in [-0.4, -0.2) is 19.8 Å². The van der Waals surface area contributed by atoms with Gasteiger partial charge in [0.05, 0.1) is 12.7 Å². The predicted molar refractivity (Wildman–Crippen MR) is 180 cm³/mol. The Morgan fingerprint density at radius 3 is 1.14 bits per heavy atom. The number of hydrogen-bond donors (Lipinski definition) is 0. The predicted octanol–water partition coefficient (Wildman–Crippen LogP) is 11.7. The summed E-state index contributed by atoms with van der Waals surface area (Å²) in [5.41, 5.74) is 2.73. The molecule has 0 saturated carbocycles. The fraction of sp³-hybridized carbons (Fsp3) is 0.550. The van der Waals surface area contributed by atoms with Gasteiger partial charge in [0.2, 0.25) is 0 Å². The lowest BCUT2D eigenvalue weighted by Gasteiger charge is -2.37. The van der Waals surface area contributed by atoms with E-state index in [1.165, 1.54) is 103 Å². The minimum absolute atomic E-state index is 0.0761. The Kier molecular flexibility index (Phi) is 17.3. The number of methoxy groups -OCH3 is 1. The minimum atomic E-state index is -0.685. The highest BCUT2D eigenvalue weighted by molar-refractivity contribution is 5.47. The highest BCUT2D eigenvalue weighted by atomic mass is 16.5. The molecule has 0 heterocycles. The van der Waals surface area contributed by atoms with Gasteiger partial charge in [0.15, 0.2) is 0 Å². The molecule has 0 saturated heterocycles. The van der Waals surface area contributed by atoms with Crippen molar-refractivity contribution >= 4 is 0 Å². The van der Waals surface area contributed by atoms with Crippen LogP contribution in [0.1, 0.15) is 133 Å². The third kappa shape index (κ3) is 11.7. The van der Waals surface area contributed by atoms with Crippen molar-refractivity contribution in [1.82, 2.24) is 0 Å². The maximum atomic E-state index is 7.00. The van der Waals surface area contributed by atoms with E-state index in [-0.39, 0.29) is 6.10 Å². The Morgan fingerprint density at radius 1 is 0.476 bits per heavy atom. The Balaban J connectivity index is 1.39. The quantitative estimate of drug-likeness (QED) is 0.0787. The maximum absolute atomic E-state index is 7.00. The van der Waals surface area contributed by atoms with Gasteiger partial charge in [-0.25, -0.2) is 0 Å². The van der Waals surface area contributed by atoms with E-state index in [2.05, 4.69) is 97.9 Å². The van der Waals surface area contributed by atoms with Crippen LogP contribution in [0.2, 0.25) is 0 Å². The second kappa shape index (κ2) is 21.3. The van der Waals surface area contributed by atoms with Crippen molar-refractivity contribution in [3.05, 3.63) is 108 Å². The summed E-state index contributed by atoms with van der Waals surface area (Å²) >= 11 is 0. The SMILES string of the molecule is CCCCCCCCCCCCCCCCCCC(COC(c1ccccc1)(c1ccccc1)c1ccccc1)OC. The van der Waals surface area contributed by atoms with Crippen molar-refractivity contribution in [3.63, 3.8) is 0 Å². The van der Waals surface area contributed by atoms with E-state index in [4.69, 9.17) is 9.47 Å². The zero-order valence-corrected chi connectivity index (χ0v) is 26.8. The molecule has 2 nitrogen and oxygen atoms in total. The molecule has 0 amide bonds. The molecule has 1 atom stereocenters. The summed E-state index contributed by atoms with van der Waals surface area (Å²) < 4.78 is 12.9. The van der Waals surface area contributed by atoms with Crippen molar-refractivity contribution in [3.8, 4) is 0 Å². The number of hydrogen-bond acceptors (Lipinski definition) is 2. The molecule has 0 N–H and O–H groups in total. The van der Waals surface area contributed by atoms with E-state index in [0.717, 1.165) is 23.1 Å². The summed E-state index contributed by atoms with van der Waals surface area (Å²) in [6, 6.07) is 31.9. The third-order valence-electron chi connectivity index (χ3n) is 8.74. The fourth-order valence-electron chi connectivity index (χ4n) is 6.18. The third-order valence-corrected chi connectivity index (χ3v) is 8.74. The lowest BCUT2D eigenvalue weighted by Crippen LogP contribution is -2.36. The number of ether oxygens (including phenoxy) is 2. The topological polar surface area (TPSA) is 18.5 Å². The fourth-order valence-corrected chi connectivity index (χ4v) is 6.18. The van der Waals surface area contributed by atoms with Gasteiger partial charge in [-0.3, -0.25) is 0 Å². The van der Waals surface area contributed by atoms with Crippen LogP contribution in [0.15, 0.2) is 91.0 Å². The van der Waals surface area contributed by atoms with Crippen LogP contribution < -0.4 is 0 Å². The normalized spacial score (nSPS) is 12.4. The monoisotopic (exact) mass is 570 g/mol. The molecule has 42 heavy (non-hydrogen) atoms. The molecule has 2 heteroatoms. The largest absolute Gasteiger partial charge is 0.379 e. The maximum Gasteiger partial charge on any atom is 0.143 e. The molecule has 3 rings (SSSR count). The van der Waals surface area contributed by atoms with Gasteiger partial charge < -0.3 is 9.47 Å². The molecule has 0 aliphatic heterocycles. The summed E-state index contributed by atoms with van der Waals surface area (Å²) in [6.45, 7) is 2.84. The molecule has 0 spiro atoms. The van der Waals surface area contributed by atoms with E-state index in [1.54, 1.807) is 0 Å². The molecular formula is C40H58O2. The molecule has 0 aromatic heterocycles. The molecule has 3 aromatic carbocycles. The first kappa shape index (κ1) is 34.1. The van der Waals surface area contributed by atoms with Crippen LogP contribution in [0.5, 0.6) is 0 Å². The van der Waals surface area contributed by atoms with E-state index < -0.39 is 5.60 Å². The average molecular weight is 571 g/mol. The average Bonchev–Trinajstić information content (AvgIpc) is 3.05. The van der Waals surface area contributed by atoms with Crippen LogP contribution >= 0.6 is 0 Å². The van der Waals surface area contributed by atoms with Crippen LogP contribution in [-0.2, 0) is 15.1 Å². The lowest BCUT2D eigenvalue weighted by atomic mass is 9.80. The lowest BCUT2D eigenvalue weighted by molar-refractivity contribution is -0.0544. The zero-order valence-electron chi connectivity index (χ0n) is 26.8. The van der Waals surface area contributed by atoms with Crippen molar-refractivity contribution in [2.45, 2.75) is 128 Å². The van der Waals surface area contributed by atoms with Crippen LogP contribution in [0, 0.1) is 0 Å². The molecule has 230 valence electrons.